The van der Waals surface area contributed by atoms with Crippen LogP contribution in [0.4, 0.5) is 13.6 Å². The lowest BCUT2D eigenvalue weighted by Gasteiger charge is -2.27. The van der Waals surface area contributed by atoms with Gasteiger partial charge in [0.1, 0.15) is 0 Å². The fraction of sp³-hybridized carbons (Fsp3) is 0.500. The Labute approximate surface area is 126 Å². The van der Waals surface area contributed by atoms with Gasteiger partial charge >= 0.3 is 12.0 Å². The number of carbonyl (C=O) groups excluding carboxylic acids is 1. The number of nitrogens with zero attached hydrogens (tertiary/aromatic N) is 3. The van der Waals surface area contributed by atoms with Gasteiger partial charge in [-0.05, 0) is 17.7 Å². The van der Waals surface area contributed by atoms with Gasteiger partial charge < -0.3 is 14.9 Å². The number of carboxylic acid groups (broad SMARTS) is 1. The quantitative estimate of drug-likeness (QED) is 0.900. The van der Waals surface area contributed by atoms with Crippen LogP contribution in [0.1, 0.15) is 18.4 Å². The number of aromatic nitrogens is 1. The smallest absolute Gasteiger partial charge is 0.320 e. The minimum absolute atomic E-state index is 0.0221. The second-order valence-corrected chi connectivity index (χ2v) is 5.23. The van der Waals surface area contributed by atoms with Gasteiger partial charge in [-0.1, -0.05) is 0 Å². The summed E-state index contributed by atoms with van der Waals surface area (Å²) in [6.45, 7) is -0.507. The van der Waals surface area contributed by atoms with Crippen LogP contribution in [-0.2, 0) is 11.3 Å². The van der Waals surface area contributed by atoms with Crippen molar-refractivity contribution in [1.82, 2.24) is 14.8 Å². The van der Waals surface area contributed by atoms with Crippen molar-refractivity contribution in [3.63, 3.8) is 0 Å². The van der Waals surface area contributed by atoms with E-state index < -0.39 is 24.5 Å². The number of aliphatic carboxylic acids is 1. The van der Waals surface area contributed by atoms with Gasteiger partial charge in [0, 0.05) is 38.4 Å². The van der Waals surface area contributed by atoms with Gasteiger partial charge in [0.25, 0.3) is 5.92 Å². The third kappa shape index (κ3) is 4.37. The number of pyridine rings is 1. The predicted octanol–water partition coefficient (Wildman–Crippen LogP) is 1.82. The summed E-state index contributed by atoms with van der Waals surface area (Å²) in [5, 5.41) is 8.78. The predicted molar refractivity (Wildman–Crippen MR) is 73.4 cm³/mol. The van der Waals surface area contributed by atoms with E-state index in [0.717, 1.165) is 10.5 Å². The largest absolute Gasteiger partial charge is 0.481 e. The fourth-order valence-corrected chi connectivity index (χ4v) is 2.28. The third-order valence-corrected chi connectivity index (χ3v) is 3.43. The SMILES string of the molecule is O=C(O)CCN(Cc1ccncc1)C(=O)N1CCC(F)(F)C1. The summed E-state index contributed by atoms with van der Waals surface area (Å²) in [5.74, 6) is -3.91. The Morgan fingerprint density at radius 1 is 1.36 bits per heavy atom. The van der Waals surface area contributed by atoms with E-state index in [4.69, 9.17) is 5.11 Å². The average molecular weight is 313 g/mol. The highest BCUT2D eigenvalue weighted by Gasteiger charge is 2.41. The standard InChI is InChI=1S/C14H17F2N3O3/c15-14(16)4-8-19(10-14)13(22)18(7-3-12(20)21)9-11-1-5-17-6-2-11/h1-2,5-6H,3-4,7-10H2,(H,20,21). The van der Waals surface area contributed by atoms with E-state index in [0.29, 0.717) is 0 Å². The molecule has 0 saturated carbocycles. The lowest BCUT2D eigenvalue weighted by molar-refractivity contribution is -0.137. The summed E-state index contributed by atoms with van der Waals surface area (Å²) < 4.78 is 26.5. The minimum Gasteiger partial charge on any atom is -0.481 e. The van der Waals surface area contributed by atoms with E-state index >= 15 is 0 Å². The number of likely N-dealkylation sites (tertiary alicyclic amines) is 1. The van der Waals surface area contributed by atoms with E-state index in [1.165, 1.54) is 4.90 Å². The van der Waals surface area contributed by atoms with Crippen molar-refractivity contribution in [2.24, 2.45) is 0 Å². The number of alkyl halides is 2. The first-order valence-corrected chi connectivity index (χ1v) is 6.90. The molecule has 120 valence electrons. The van der Waals surface area contributed by atoms with Crippen molar-refractivity contribution in [2.75, 3.05) is 19.6 Å². The van der Waals surface area contributed by atoms with Crippen molar-refractivity contribution < 1.29 is 23.5 Å². The number of halogens is 2. The number of hydrogen-bond donors (Lipinski definition) is 1. The first-order valence-electron chi connectivity index (χ1n) is 6.90. The fourth-order valence-electron chi connectivity index (χ4n) is 2.28. The molecule has 1 saturated heterocycles. The molecule has 0 unspecified atom stereocenters. The Kier molecular flexibility index (Phi) is 4.89. The molecule has 22 heavy (non-hydrogen) atoms. The first kappa shape index (κ1) is 16.1. The zero-order chi connectivity index (χ0) is 16.2. The zero-order valence-electron chi connectivity index (χ0n) is 11.9. The van der Waals surface area contributed by atoms with E-state index in [-0.39, 0.29) is 32.5 Å². The van der Waals surface area contributed by atoms with Crippen LogP contribution in [0.5, 0.6) is 0 Å². The molecule has 0 radical (unpaired) electrons. The molecule has 0 bridgehead atoms. The van der Waals surface area contributed by atoms with E-state index in [9.17, 15) is 18.4 Å². The molecule has 1 N–H and O–H groups in total. The maximum atomic E-state index is 13.2. The number of carboxylic acids is 1. The summed E-state index contributed by atoms with van der Waals surface area (Å²) >= 11 is 0. The molecule has 2 rings (SSSR count). The van der Waals surface area contributed by atoms with Gasteiger partial charge in [-0.25, -0.2) is 13.6 Å². The molecule has 1 aliphatic heterocycles. The van der Waals surface area contributed by atoms with Crippen LogP contribution < -0.4 is 0 Å². The number of rotatable bonds is 5. The van der Waals surface area contributed by atoms with Crippen LogP contribution in [0.15, 0.2) is 24.5 Å². The third-order valence-electron chi connectivity index (χ3n) is 3.43. The Balaban J connectivity index is 2.06. The molecule has 1 aliphatic rings. The first-order chi connectivity index (χ1) is 10.4. The summed E-state index contributed by atoms with van der Waals surface area (Å²) in [6.07, 6.45) is 2.51. The molecule has 0 atom stereocenters. The number of urea groups is 1. The van der Waals surface area contributed by atoms with E-state index in [1.807, 2.05) is 0 Å². The van der Waals surface area contributed by atoms with Crippen LogP contribution in [0.25, 0.3) is 0 Å². The Morgan fingerprint density at radius 3 is 2.59 bits per heavy atom. The van der Waals surface area contributed by atoms with Crippen molar-refractivity contribution in [2.45, 2.75) is 25.3 Å². The van der Waals surface area contributed by atoms with Gasteiger partial charge in [0.15, 0.2) is 0 Å². The molecule has 0 aromatic carbocycles. The lowest BCUT2D eigenvalue weighted by Crippen LogP contribution is -2.43. The number of carbonyl (C=O) groups is 2. The topological polar surface area (TPSA) is 73.7 Å². The molecule has 2 amide bonds. The monoisotopic (exact) mass is 313 g/mol. The van der Waals surface area contributed by atoms with Crippen molar-refractivity contribution in [3.05, 3.63) is 30.1 Å². The molecule has 2 heterocycles. The Bertz CT molecular complexity index is 539. The van der Waals surface area contributed by atoms with Gasteiger partial charge in [-0.3, -0.25) is 9.78 Å². The van der Waals surface area contributed by atoms with Gasteiger partial charge in [-0.15, -0.1) is 0 Å². The van der Waals surface area contributed by atoms with Crippen molar-refractivity contribution >= 4 is 12.0 Å². The second kappa shape index (κ2) is 6.67. The highest BCUT2D eigenvalue weighted by molar-refractivity contribution is 5.76. The number of amides is 2. The molecule has 1 aromatic heterocycles. The molecule has 1 fully saturated rings. The molecule has 8 heteroatoms. The lowest BCUT2D eigenvalue weighted by atomic mass is 10.2. The van der Waals surface area contributed by atoms with Gasteiger partial charge in [0.2, 0.25) is 0 Å². The maximum Gasteiger partial charge on any atom is 0.320 e. The van der Waals surface area contributed by atoms with Crippen LogP contribution >= 0.6 is 0 Å². The summed E-state index contributed by atoms with van der Waals surface area (Å²) in [7, 11) is 0. The highest BCUT2D eigenvalue weighted by Crippen LogP contribution is 2.27. The number of hydrogen-bond acceptors (Lipinski definition) is 3. The summed E-state index contributed by atoms with van der Waals surface area (Å²) in [4.78, 5) is 29.3. The molecular weight excluding hydrogens is 296 g/mol. The van der Waals surface area contributed by atoms with Crippen molar-refractivity contribution in [3.8, 4) is 0 Å². The average Bonchev–Trinajstić information content (AvgIpc) is 2.84. The van der Waals surface area contributed by atoms with Crippen LogP contribution in [-0.4, -0.2) is 57.4 Å². The van der Waals surface area contributed by atoms with Crippen LogP contribution in [0.2, 0.25) is 0 Å². The van der Waals surface area contributed by atoms with Crippen molar-refractivity contribution in [1.29, 1.82) is 0 Å². The zero-order valence-corrected chi connectivity index (χ0v) is 11.9. The second-order valence-electron chi connectivity index (χ2n) is 5.23. The summed E-state index contributed by atoms with van der Waals surface area (Å²) in [5.41, 5.74) is 0.764. The van der Waals surface area contributed by atoms with Crippen LogP contribution in [0.3, 0.4) is 0 Å². The van der Waals surface area contributed by atoms with Gasteiger partial charge in [0.05, 0.1) is 13.0 Å². The molecule has 1 aromatic rings. The summed E-state index contributed by atoms with van der Waals surface area (Å²) in [6, 6.07) is 2.83. The molecule has 0 spiro atoms. The van der Waals surface area contributed by atoms with E-state index in [1.54, 1.807) is 24.5 Å². The Morgan fingerprint density at radius 2 is 2.05 bits per heavy atom. The normalized spacial score (nSPS) is 16.5. The highest BCUT2D eigenvalue weighted by atomic mass is 19.3. The molecule has 0 aliphatic carbocycles. The minimum atomic E-state index is -2.87. The molecular formula is C14H17F2N3O3. The molecule has 6 nitrogen and oxygen atoms in total. The van der Waals surface area contributed by atoms with Crippen LogP contribution in [0, 0.1) is 0 Å². The van der Waals surface area contributed by atoms with E-state index in [2.05, 4.69) is 4.98 Å². The Hall–Kier alpha value is -2.25. The van der Waals surface area contributed by atoms with Gasteiger partial charge in [-0.2, -0.15) is 0 Å². The maximum absolute atomic E-state index is 13.2.